The number of benzene rings is 1. The summed E-state index contributed by atoms with van der Waals surface area (Å²) in [4.78, 5) is 33.1. The van der Waals surface area contributed by atoms with Gasteiger partial charge in [-0.15, -0.1) is 0 Å². The molecule has 0 aliphatic heterocycles. The van der Waals surface area contributed by atoms with Crippen LogP contribution in [0.15, 0.2) is 36.7 Å². The van der Waals surface area contributed by atoms with Crippen molar-refractivity contribution in [2.24, 2.45) is 0 Å². The zero-order chi connectivity index (χ0) is 21.7. The third-order valence-electron chi connectivity index (χ3n) is 4.58. The fraction of sp³-hybridized carbons (Fsp3) is 0.286. The maximum Gasteiger partial charge on any atom is 0.341 e. The number of hydrogen-bond acceptors (Lipinski definition) is 6. The van der Waals surface area contributed by atoms with Gasteiger partial charge in [-0.3, -0.25) is 4.79 Å². The molecule has 1 amide bonds. The molecule has 9 nitrogen and oxygen atoms in total. The number of carbonyl (C=O) groups is 2. The summed E-state index contributed by atoms with van der Waals surface area (Å²) in [6, 6.07) is 7.15. The molecule has 0 fully saturated rings. The Morgan fingerprint density at radius 2 is 1.83 bits per heavy atom. The number of rotatable bonds is 8. The van der Waals surface area contributed by atoms with E-state index in [1.165, 1.54) is 24.2 Å². The number of carboxylic acid groups (broad SMARTS) is 1. The van der Waals surface area contributed by atoms with Gasteiger partial charge in [-0.05, 0) is 31.0 Å². The van der Waals surface area contributed by atoms with E-state index in [0.717, 1.165) is 12.0 Å². The van der Waals surface area contributed by atoms with Crippen LogP contribution in [0.5, 0.6) is 0 Å². The summed E-state index contributed by atoms with van der Waals surface area (Å²) in [7, 11) is 1.53. The summed E-state index contributed by atoms with van der Waals surface area (Å²) < 4.78 is 6.52. The minimum atomic E-state index is -1.22. The van der Waals surface area contributed by atoms with Crippen molar-refractivity contribution in [2.75, 3.05) is 19.0 Å². The first-order chi connectivity index (χ1) is 14.4. The Hall–Kier alpha value is -3.59. The van der Waals surface area contributed by atoms with E-state index in [4.69, 9.17) is 4.74 Å². The summed E-state index contributed by atoms with van der Waals surface area (Å²) >= 11 is 0. The van der Waals surface area contributed by atoms with E-state index in [-0.39, 0.29) is 23.6 Å². The monoisotopic (exact) mass is 409 g/mol. The van der Waals surface area contributed by atoms with Gasteiger partial charge in [0.1, 0.15) is 22.9 Å². The number of aromatic nitrogens is 4. The number of amides is 1. The van der Waals surface area contributed by atoms with Gasteiger partial charge in [0.25, 0.3) is 5.91 Å². The van der Waals surface area contributed by atoms with Crippen LogP contribution in [0.1, 0.15) is 39.0 Å². The highest BCUT2D eigenvalue weighted by molar-refractivity contribution is 6.09. The molecular formula is C21H23N5O4. The molecule has 0 saturated carbocycles. The Kier molecular flexibility index (Phi) is 6.53. The summed E-state index contributed by atoms with van der Waals surface area (Å²) in [5.74, 6) is -1.01. The molecule has 0 aliphatic carbocycles. The minimum absolute atomic E-state index is 0.0830. The molecule has 0 radical (unpaired) electrons. The molecule has 156 valence electrons. The molecule has 0 aliphatic rings. The number of methoxy groups -OCH3 is 1. The lowest BCUT2D eigenvalue weighted by atomic mass is 10.1. The first-order valence-electron chi connectivity index (χ1n) is 9.47. The Bertz CT molecular complexity index is 1040. The lowest BCUT2D eigenvalue weighted by Gasteiger charge is -2.10. The van der Waals surface area contributed by atoms with Crippen molar-refractivity contribution in [3.63, 3.8) is 0 Å². The molecule has 1 aromatic carbocycles. The maximum absolute atomic E-state index is 12.8. The number of anilines is 1. The molecule has 0 unspecified atom stereocenters. The smallest absolute Gasteiger partial charge is 0.341 e. The highest BCUT2D eigenvalue weighted by Gasteiger charge is 2.26. The number of carbonyl (C=O) groups excluding carboxylic acids is 1. The second kappa shape index (κ2) is 9.27. The predicted molar refractivity (Wildman–Crippen MR) is 111 cm³/mol. The largest absolute Gasteiger partial charge is 0.477 e. The van der Waals surface area contributed by atoms with Crippen molar-refractivity contribution in [3.8, 4) is 11.3 Å². The molecule has 2 heterocycles. The van der Waals surface area contributed by atoms with Crippen molar-refractivity contribution in [3.05, 3.63) is 59.2 Å². The van der Waals surface area contributed by atoms with E-state index in [9.17, 15) is 14.7 Å². The van der Waals surface area contributed by atoms with E-state index >= 15 is 0 Å². The Morgan fingerprint density at radius 3 is 2.40 bits per heavy atom. The van der Waals surface area contributed by atoms with Crippen molar-refractivity contribution in [1.29, 1.82) is 0 Å². The average Bonchev–Trinajstić information content (AvgIpc) is 3.11. The number of aromatic carboxylic acids is 1. The van der Waals surface area contributed by atoms with E-state index < -0.39 is 11.9 Å². The molecule has 0 spiro atoms. The van der Waals surface area contributed by atoms with E-state index in [1.54, 1.807) is 19.1 Å². The van der Waals surface area contributed by atoms with Gasteiger partial charge < -0.3 is 15.2 Å². The van der Waals surface area contributed by atoms with Gasteiger partial charge in [0.05, 0.1) is 13.2 Å². The normalized spacial score (nSPS) is 10.8. The molecule has 0 bridgehead atoms. The van der Waals surface area contributed by atoms with Crippen LogP contribution in [0.25, 0.3) is 11.3 Å². The summed E-state index contributed by atoms with van der Waals surface area (Å²) in [5, 5.41) is 17.0. The molecular weight excluding hydrogens is 386 g/mol. The second-order valence-corrected chi connectivity index (χ2v) is 6.62. The molecule has 3 aromatic rings. The molecule has 3 rings (SSSR count). The number of nitrogens with one attached hydrogen (secondary N) is 1. The van der Waals surface area contributed by atoms with Crippen molar-refractivity contribution in [2.45, 2.75) is 26.8 Å². The van der Waals surface area contributed by atoms with E-state index in [0.29, 0.717) is 23.6 Å². The van der Waals surface area contributed by atoms with Crippen molar-refractivity contribution >= 4 is 17.7 Å². The van der Waals surface area contributed by atoms with Gasteiger partial charge in [0.15, 0.2) is 0 Å². The lowest BCUT2D eigenvalue weighted by Crippen LogP contribution is -2.19. The lowest BCUT2D eigenvalue weighted by molar-refractivity contribution is 0.0698. The summed E-state index contributed by atoms with van der Waals surface area (Å²) in [6.07, 6.45) is 3.87. The number of hydrogen-bond donors (Lipinski definition) is 2. The van der Waals surface area contributed by atoms with Gasteiger partial charge in [-0.1, -0.05) is 19.1 Å². The van der Waals surface area contributed by atoms with E-state index in [2.05, 4.69) is 20.4 Å². The molecule has 2 N–H and O–H groups in total. The minimum Gasteiger partial charge on any atom is -0.477 e. The van der Waals surface area contributed by atoms with Gasteiger partial charge in [0, 0.05) is 30.6 Å². The third kappa shape index (κ3) is 4.52. The first kappa shape index (κ1) is 21.1. The summed E-state index contributed by atoms with van der Waals surface area (Å²) in [5.41, 5.74) is 2.01. The van der Waals surface area contributed by atoms with Gasteiger partial charge >= 0.3 is 5.97 Å². The quantitative estimate of drug-likeness (QED) is 0.587. The second-order valence-electron chi connectivity index (χ2n) is 6.62. The molecule has 0 saturated heterocycles. The van der Waals surface area contributed by atoms with Crippen LogP contribution < -0.4 is 5.32 Å². The Balaban J connectivity index is 2.04. The SMILES string of the molecule is CCc1ccc(C(=O)Nc2c(C(=O)O)c(-c3cnc(C)nc3)nn2CCOC)cc1. The predicted octanol–water partition coefficient (Wildman–Crippen LogP) is 2.81. The topological polar surface area (TPSA) is 119 Å². The highest BCUT2D eigenvalue weighted by Crippen LogP contribution is 2.29. The highest BCUT2D eigenvalue weighted by atomic mass is 16.5. The first-order valence-corrected chi connectivity index (χ1v) is 9.47. The van der Waals surface area contributed by atoms with E-state index in [1.807, 2.05) is 19.1 Å². The zero-order valence-electron chi connectivity index (χ0n) is 17.0. The van der Waals surface area contributed by atoms with Crippen LogP contribution in [-0.4, -0.2) is 50.4 Å². The zero-order valence-corrected chi connectivity index (χ0v) is 17.0. The summed E-state index contributed by atoms with van der Waals surface area (Å²) in [6.45, 7) is 4.31. The number of nitrogens with zero attached hydrogens (tertiary/aromatic N) is 4. The maximum atomic E-state index is 12.8. The number of aryl methyl sites for hydroxylation is 2. The Labute approximate surface area is 173 Å². The number of carboxylic acids is 1. The van der Waals surface area contributed by atoms with Crippen LogP contribution in [0.3, 0.4) is 0 Å². The fourth-order valence-electron chi connectivity index (χ4n) is 2.92. The average molecular weight is 409 g/mol. The molecule has 2 aromatic heterocycles. The standard InChI is InChI=1S/C21H23N5O4/c1-4-14-5-7-15(8-6-14)20(27)24-19-17(21(28)29)18(25-26(19)9-10-30-3)16-11-22-13(2)23-12-16/h5-8,11-12H,4,9-10H2,1-3H3,(H,24,27)(H,28,29). The van der Waals surface area contributed by atoms with Crippen molar-refractivity contribution in [1.82, 2.24) is 19.7 Å². The van der Waals surface area contributed by atoms with Gasteiger partial charge in [0.2, 0.25) is 0 Å². The van der Waals surface area contributed by atoms with Crippen LogP contribution in [0.4, 0.5) is 5.82 Å². The van der Waals surface area contributed by atoms with Crippen LogP contribution in [0.2, 0.25) is 0 Å². The van der Waals surface area contributed by atoms with Gasteiger partial charge in [-0.2, -0.15) is 5.10 Å². The fourth-order valence-corrected chi connectivity index (χ4v) is 2.92. The van der Waals surface area contributed by atoms with Crippen molar-refractivity contribution < 1.29 is 19.4 Å². The number of ether oxygens (including phenoxy) is 1. The molecule has 0 atom stereocenters. The third-order valence-corrected chi connectivity index (χ3v) is 4.58. The van der Waals surface area contributed by atoms with Crippen LogP contribution in [0, 0.1) is 6.92 Å². The Morgan fingerprint density at radius 1 is 1.17 bits per heavy atom. The molecule has 9 heteroatoms. The van der Waals surface area contributed by atoms with Crippen LogP contribution >= 0.6 is 0 Å². The van der Waals surface area contributed by atoms with Crippen LogP contribution in [-0.2, 0) is 17.7 Å². The molecule has 30 heavy (non-hydrogen) atoms. The van der Waals surface area contributed by atoms with Gasteiger partial charge in [-0.25, -0.2) is 19.4 Å².